The Balaban J connectivity index is 2.27. The Morgan fingerprint density at radius 1 is 1.38 bits per heavy atom. The summed E-state index contributed by atoms with van der Waals surface area (Å²) in [6, 6.07) is 3.16. The van der Waals surface area contributed by atoms with Crippen LogP contribution in [-0.2, 0) is 6.54 Å². The first-order valence-electron chi connectivity index (χ1n) is 5.96. The molecule has 0 aliphatic rings. The Labute approximate surface area is 130 Å². The van der Waals surface area contributed by atoms with Crippen molar-refractivity contribution < 1.29 is 14.3 Å². The predicted molar refractivity (Wildman–Crippen MR) is 82.5 cm³/mol. The number of halogens is 1. The first-order chi connectivity index (χ1) is 10.1. The number of thiazole rings is 1. The van der Waals surface area contributed by atoms with Gasteiger partial charge in [0.25, 0.3) is 5.91 Å². The molecule has 1 aromatic heterocycles. The summed E-state index contributed by atoms with van der Waals surface area (Å²) >= 11 is 7.35. The first-order valence-corrected chi connectivity index (χ1v) is 7.22. The SMILES string of the molecule is COc1cc(NC(=O)c2csc(CN)n2)c(OC)cc1Cl. The van der Waals surface area contributed by atoms with Gasteiger partial charge in [0.2, 0.25) is 0 Å². The van der Waals surface area contributed by atoms with Crippen molar-refractivity contribution >= 4 is 34.5 Å². The fourth-order valence-corrected chi connectivity index (χ4v) is 2.54. The molecule has 1 aromatic carbocycles. The molecule has 2 aromatic rings. The molecule has 3 N–H and O–H groups in total. The van der Waals surface area contributed by atoms with E-state index >= 15 is 0 Å². The highest BCUT2D eigenvalue weighted by Gasteiger charge is 2.15. The lowest BCUT2D eigenvalue weighted by Gasteiger charge is -2.12. The quantitative estimate of drug-likeness (QED) is 0.881. The molecule has 0 bridgehead atoms. The molecule has 8 heteroatoms. The van der Waals surface area contributed by atoms with Gasteiger partial charge >= 0.3 is 0 Å². The molecule has 0 fully saturated rings. The van der Waals surface area contributed by atoms with Crippen molar-refractivity contribution in [2.24, 2.45) is 5.73 Å². The number of carbonyl (C=O) groups is 1. The molecule has 2 rings (SSSR count). The van der Waals surface area contributed by atoms with Gasteiger partial charge in [0.05, 0.1) is 24.9 Å². The van der Waals surface area contributed by atoms with Gasteiger partial charge in [-0.25, -0.2) is 4.98 Å². The van der Waals surface area contributed by atoms with Gasteiger partial charge in [0.15, 0.2) is 0 Å². The Morgan fingerprint density at radius 3 is 2.67 bits per heavy atom. The largest absolute Gasteiger partial charge is 0.495 e. The molecule has 0 aliphatic heterocycles. The van der Waals surface area contributed by atoms with Gasteiger partial charge in [-0.1, -0.05) is 11.6 Å². The lowest BCUT2D eigenvalue weighted by molar-refractivity contribution is 0.102. The molecule has 112 valence electrons. The van der Waals surface area contributed by atoms with Crippen LogP contribution in [0.5, 0.6) is 11.5 Å². The van der Waals surface area contributed by atoms with Crippen molar-refractivity contribution in [1.82, 2.24) is 4.98 Å². The standard InChI is InChI=1S/C13H14ClN3O3S/c1-19-10-4-8(11(20-2)3-7(10)14)17-13(18)9-6-21-12(5-15)16-9/h3-4,6H,5,15H2,1-2H3,(H,17,18). The highest BCUT2D eigenvalue weighted by molar-refractivity contribution is 7.09. The summed E-state index contributed by atoms with van der Waals surface area (Å²) in [5.74, 6) is 0.519. The molecule has 6 nitrogen and oxygen atoms in total. The third-order valence-electron chi connectivity index (χ3n) is 2.68. The minimum atomic E-state index is -0.353. The average Bonchev–Trinajstić information content (AvgIpc) is 2.97. The number of nitrogens with zero attached hydrogens (tertiary/aromatic N) is 1. The smallest absolute Gasteiger partial charge is 0.275 e. The van der Waals surface area contributed by atoms with E-state index in [1.807, 2.05) is 0 Å². The van der Waals surface area contributed by atoms with Gasteiger partial charge in [0.1, 0.15) is 22.2 Å². The summed E-state index contributed by atoms with van der Waals surface area (Å²) in [6.45, 7) is 0.302. The molecule has 21 heavy (non-hydrogen) atoms. The number of nitrogens with two attached hydrogens (primary N) is 1. The van der Waals surface area contributed by atoms with Crippen molar-refractivity contribution in [2.45, 2.75) is 6.54 Å². The van der Waals surface area contributed by atoms with E-state index in [1.54, 1.807) is 17.5 Å². The molecule has 0 radical (unpaired) electrons. The Kier molecular flexibility index (Phi) is 5.00. The van der Waals surface area contributed by atoms with Gasteiger partial charge in [-0.05, 0) is 0 Å². The second kappa shape index (κ2) is 6.75. The number of nitrogens with one attached hydrogen (secondary N) is 1. The number of benzene rings is 1. The van der Waals surface area contributed by atoms with Gasteiger partial charge in [-0.3, -0.25) is 4.79 Å². The third kappa shape index (κ3) is 3.44. The Bertz CT molecular complexity index is 660. The van der Waals surface area contributed by atoms with Crippen molar-refractivity contribution in [2.75, 3.05) is 19.5 Å². The van der Waals surface area contributed by atoms with E-state index in [0.29, 0.717) is 39.5 Å². The zero-order valence-corrected chi connectivity index (χ0v) is 13.0. The van der Waals surface area contributed by atoms with Gasteiger partial charge in [-0.2, -0.15) is 0 Å². The fourth-order valence-electron chi connectivity index (χ4n) is 1.65. The number of anilines is 1. The van der Waals surface area contributed by atoms with Crippen molar-refractivity contribution in [1.29, 1.82) is 0 Å². The highest BCUT2D eigenvalue weighted by Crippen LogP contribution is 2.36. The lowest BCUT2D eigenvalue weighted by atomic mass is 10.2. The molecule has 0 saturated heterocycles. The topological polar surface area (TPSA) is 86.5 Å². The van der Waals surface area contributed by atoms with Crippen LogP contribution in [0.2, 0.25) is 5.02 Å². The minimum absolute atomic E-state index is 0.302. The zero-order chi connectivity index (χ0) is 15.4. The summed E-state index contributed by atoms with van der Waals surface area (Å²) < 4.78 is 10.3. The molecule has 0 spiro atoms. The van der Waals surface area contributed by atoms with Crippen LogP contribution in [0.1, 0.15) is 15.5 Å². The number of ether oxygens (including phenoxy) is 2. The maximum absolute atomic E-state index is 12.2. The monoisotopic (exact) mass is 327 g/mol. The number of hydrogen-bond acceptors (Lipinski definition) is 6. The number of amides is 1. The van der Waals surface area contributed by atoms with Crippen LogP contribution in [0, 0.1) is 0 Å². The maximum atomic E-state index is 12.2. The molecular formula is C13H14ClN3O3S. The molecule has 0 saturated carbocycles. The normalized spacial score (nSPS) is 10.3. The number of carbonyl (C=O) groups excluding carboxylic acids is 1. The molecular weight excluding hydrogens is 314 g/mol. The van der Waals surface area contributed by atoms with Crippen LogP contribution in [0.4, 0.5) is 5.69 Å². The highest BCUT2D eigenvalue weighted by atomic mass is 35.5. The van der Waals surface area contributed by atoms with Gasteiger partial charge in [0, 0.05) is 24.1 Å². The first kappa shape index (κ1) is 15.6. The fraction of sp³-hybridized carbons (Fsp3) is 0.231. The van der Waals surface area contributed by atoms with E-state index < -0.39 is 0 Å². The summed E-state index contributed by atoms with van der Waals surface area (Å²) in [5.41, 5.74) is 6.23. The van der Waals surface area contributed by atoms with E-state index in [9.17, 15) is 4.79 Å². The summed E-state index contributed by atoms with van der Waals surface area (Å²) in [6.07, 6.45) is 0. The average molecular weight is 328 g/mol. The van der Waals surface area contributed by atoms with E-state index in [-0.39, 0.29) is 5.91 Å². The van der Waals surface area contributed by atoms with Crippen molar-refractivity contribution in [3.63, 3.8) is 0 Å². The van der Waals surface area contributed by atoms with E-state index in [0.717, 1.165) is 0 Å². The number of aromatic nitrogens is 1. The molecule has 1 amide bonds. The van der Waals surface area contributed by atoms with E-state index in [4.69, 9.17) is 26.8 Å². The molecule has 0 unspecified atom stereocenters. The second-order valence-corrected chi connectivity index (χ2v) is 5.32. The number of methoxy groups -OCH3 is 2. The van der Waals surface area contributed by atoms with Gasteiger partial charge in [-0.15, -0.1) is 11.3 Å². The Hall–Kier alpha value is -1.83. The predicted octanol–water partition coefficient (Wildman–Crippen LogP) is 2.52. The maximum Gasteiger partial charge on any atom is 0.275 e. The lowest BCUT2D eigenvalue weighted by Crippen LogP contribution is -2.13. The van der Waals surface area contributed by atoms with Crippen molar-refractivity contribution in [3.05, 3.63) is 33.2 Å². The molecule has 0 aliphatic carbocycles. The Morgan fingerprint density at radius 2 is 2.10 bits per heavy atom. The zero-order valence-electron chi connectivity index (χ0n) is 11.5. The number of rotatable bonds is 5. The van der Waals surface area contributed by atoms with Crippen LogP contribution in [0.25, 0.3) is 0 Å². The van der Waals surface area contributed by atoms with Crippen LogP contribution in [0.3, 0.4) is 0 Å². The summed E-state index contributed by atoms with van der Waals surface area (Å²) in [5, 5.41) is 5.46. The molecule has 1 heterocycles. The second-order valence-electron chi connectivity index (χ2n) is 3.97. The third-order valence-corrected chi connectivity index (χ3v) is 3.85. The van der Waals surface area contributed by atoms with E-state index in [1.165, 1.54) is 25.6 Å². The van der Waals surface area contributed by atoms with Gasteiger partial charge < -0.3 is 20.5 Å². The minimum Gasteiger partial charge on any atom is -0.495 e. The number of hydrogen-bond donors (Lipinski definition) is 2. The van der Waals surface area contributed by atoms with Crippen LogP contribution in [0.15, 0.2) is 17.5 Å². The van der Waals surface area contributed by atoms with Crippen LogP contribution in [-0.4, -0.2) is 25.1 Å². The van der Waals surface area contributed by atoms with Crippen LogP contribution < -0.4 is 20.5 Å². The van der Waals surface area contributed by atoms with Crippen LogP contribution >= 0.6 is 22.9 Å². The van der Waals surface area contributed by atoms with E-state index in [2.05, 4.69) is 10.3 Å². The summed E-state index contributed by atoms with van der Waals surface area (Å²) in [7, 11) is 2.98. The summed E-state index contributed by atoms with van der Waals surface area (Å²) in [4.78, 5) is 16.3. The van der Waals surface area contributed by atoms with Crippen molar-refractivity contribution in [3.8, 4) is 11.5 Å². The molecule has 0 atom stereocenters.